The molecule has 2 unspecified atom stereocenters. The van der Waals surface area contributed by atoms with Crippen molar-refractivity contribution >= 4 is 53.1 Å². The van der Waals surface area contributed by atoms with Gasteiger partial charge in [0.2, 0.25) is 5.91 Å². The number of hydrogen-bond acceptors (Lipinski definition) is 4. The fraction of sp³-hybridized carbons (Fsp3) is 0.333. The van der Waals surface area contributed by atoms with Crippen molar-refractivity contribution in [1.82, 2.24) is 4.90 Å². The molecule has 0 radical (unpaired) electrons. The van der Waals surface area contributed by atoms with Crippen LogP contribution in [0.2, 0.25) is 10.0 Å². The number of halogens is 4. The van der Waals surface area contributed by atoms with Gasteiger partial charge >= 0.3 is 0 Å². The Balaban J connectivity index is 0.00000272. The minimum atomic E-state index is -2.12. The summed E-state index contributed by atoms with van der Waals surface area (Å²) in [5.41, 5.74) is 4.05. The molecule has 2 aliphatic rings. The molecule has 0 spiro atoms. The standard InChI is InChI=1S/C21H20Cl2FN3O3.ClH/c22-15-4-2-1-3-14(15)21(30)18-16(23)9-12(19(25)28)10-17(18)27(20(21)29)8-7-26-6-5-13(24)11-26;/h1-4,9-10,13,30H,5-8,11H2,(H2,25,28);1H. The molecule has 0 saturated carbocycles. The topological polar surface area (TPSA) is 86.9 Å². The van der Waals surface area contributed by atoms with Crippen molar-refractivity contribution in [2.24, 2.45) is 5.73 Å². The highest BCUT2D eigenvalue weighted by Gasteiger charge is 2.53. The van der Waals surface area contributed by atoms with Gasteiger partial charge in [0, 0.05) is 47.9 Å². The number of amides is 2. The van der Waals surface area contributed by atoms with Gasteiger partial charge in [0.15, 0.2) is 5.60 Å². The van der Waals surface area contributed by atoms with Gasteiger partial charge in [-0.3, -0.25) is 14.5 Å². The van der Waals surface area contributed by atoms with Crippen molar-refractivity contribution in [3.05, 3.63) is 63.1 Å². The van der Waals surface area contributed by atoms with Crippen molar-refractivity contribution < 1.29 is 19.1 Å². The number of carbonyl (C=O) groups excluding carboxylic acids is 2. The van der Waals surface area contributed by atoms with E-state index in [1.54, 1.807) is 24.3 Å². The highest BCUT2D eigenvalue weighted by atomic mass is 35.5. The van der Waals surface area contributed by atoms with E-state index in [1.807, 2.05) is 4.90 Å². The second kappa shape index (κ2) is 8.92. The summed E-state index contributed by atoms with van der Waals surface area (Å²) in [6.45, 7) is 1.48. The molecule has 1 saturated heterocycles. The lowest BCUT2D eigenvalue weighted by atomic mass is 9.87. The van der Waals surface area contributed by atoms with Crippen molar-refractivity contribution in [1.29, 1.82) is 0 Å². The molecule has 0 aromatic heterocycles. The number of fused-ring (bicyclic) bond motifs is 1. The quantitative estimate of drug-likeness (QED) is 0.677. The first-order valence-corrected chi connectivity index (χ1v) is 10.3. The van der Waals surface area contributed by atoms with Gasteiger partial charge in [-0.05, 0) is 24.6 Å². The zero-order valence-electron chi connectivity index (χ0n) is 16.4. The van der Waals surface area contributed by atoms with E-state index in [9.17, 15) is 19.1 Å². The highest BCUT2D eigenvalue weighted by molar-refractivity contribution is 6.35. The molecule has 3 N–H and O–H groups in total. The van der Waals surface area contributed by atoms with E-state index in [4.69, 9.17) is 28.9 Å². The van der Waals surface area contributed by atoms with Crippen LogP contribution in [-0.4, -0.2) is 54.2 Å². The Morgan fingerprint density at radius 1 is 1.23 bits per heavy atom. The molecule has 166 valence electrons. The maximum Gasteiger partial charge on any atom is 0.268 e. The maximum absolute atomic E-state index is 13.5. The molecule has 2 aromatic carbocycles. The number of primary amides is 1. The van der Waals surface area contributed by atoms with Crippen molar-refractivity contribution in [2.45, 2.75) is 18.2 Å². The van der Waals surface area contributed by atoms with Crippen LogP contribution < -0.4 is 10.6 Å². The van der Waals surface area contributed by atoms with Crippen LogP contribution in [0.5, 0.6) is 0 Å². The molecule has 2 heterocycles. The molecule has 31 heavy (non-hydrogen) atoms. The first-order chi connectivity index (χ1) is 14.2. The largest absolute Gasteiger partial charge is 0.372 e. The van der Waals surface area contributed by atoms with Crippen LogP contribution in [0.1, 0.15) is 27.9 Å². The van der Waals surface area contributed by atoms with E-state index in [1.165, 1.54) is 17.0 Å². The number of alkyl halides is 1. The van der Waals surface area contributed by atoms with Gasteiger partial charge in [-0.15, -0.1) is 12.4 Å². The Morgan fingerprint density at radius 2 is 1.94 bits per heavy atom. The minimum Gasteiger partial charge on any atom is -0.372 e. The average Bonchev–Trinajstić information content (AvgIpc) is 3.20. The number of aliphatic hydroxyl groups is 1. The van der Waals surface area contributed by atoms with Crippen LogP contribution in [0.15, 0.2) is 36.4 Å². The van der Waals surface area contributed by atoms with E-state index < -0.39 is 23.6 Å². The molecule has 0 bridgehead atoms. The van der Waals surface area contributed by atoms with E-state index in [0.717, 1.165) is 0 Å². The van der Waals surface area contributed by atoms with Crippen molar-refractivity contribution in [3.8, 4) is 0 Å². The Morgan fingerprint density at radius 3 is 2.55 bits per heavy atom. The lowest BCUT2D eigenvalue weighted by molar-refractivity contribution is -0.132. The Kier molecular flexibility index (Phi) is 6.84. The minimum absolute atomic E-state index is 0. The average molecular weight is 489 g/mol. The summed E-state index contributed by atoms with van der Waals surface area (Å²) in [5, 5.41) is 11.9. The van der Waals surface area contributed by atoms with Crippen LogP contribution in [0, 0.1) is 0 Å². The third-order valence-electron chi connectivity index (χ3n) is 5.68. The number of benzene rings is 2. The molecular formula is C21H21Cl3FN3O3. The van der Waals surface area contributed by atoms with Gasteiger partial charge in [0.25, 0.3) is 5.91 Å². The maximum atomic E-state index is 13.5. The monoisotopic (exact) mass is 487 g/mol. The summed E-state index contributed by atoms with van der Waals surface area (Å²) >= 11 is 12.7. The second-order valence-corrected chi connectivity index (χ2v) is 8.36. The molecule has 10 heteroatoms. The SMILES string of the molecule is Cl.NC(=O)c1cc(Cl)c2c(c1)N(CCN1CCC(F)C1)C(=O)C2(O)c1ccccc1Cl. The fourth-order valence-corrected chi connectivity index (χ4v) is 4.80. The molecular weight excluding hydrogens is 468 g/mol. The number of nitrogens with zero attached hydrogens (tertiary/aromatic N) is 2. The van der Waals surface area contributed by atoms with Crippen LogP contribution in [-0.2, 0) is 10.4 Å². The predicted molar refractivity (Wildman–Crippen MR) is 120 cm³/mol. The fourth-order valence-electron chi connectivity index (χ4n) is 4.17. The second-order valence-electron chi connectivity index (χ2n) is 7.55. The van der Waals surface area contributed by atoms with Crippen LogP contribution in [0.25, 0.3) is 0 Å². The first kappa shape index (κ1) is 23.8. The van der Waals surface area contributed by atoms with Crippen LogP contribution in [0.3, 0.4) is 0 Å². The van der Waals surface area contributed by atoms with Gasteiger partial charge in [-0.25, -0.2) is 4.39 Å². The molecule has 2 aromatic rings. The number of anilines is 1. The van der Waals surface area contributed by atoms with E-state index in [0.29, 0.717) is 31.7 Å². The zero-order chi connectivity index (χ0) is 21.6. The van der Waals surface area contributed by atoms with Gasteiger partial charge in [0.05, 0.1) is 10.7 Å². The van der Waals surface area contributed by atoms with E-state index in [2.05, 4.69) is 0 Å². The summed E-state index contributed by atoms with van der Waals surface area (Å²) < 4.78 is 13.5. The lowest BCUT2D eigenvalue weighted by Gasteiger charge is -2.26. The highest BCUT2D eigenvalue weighted by Crippen LogP contribution is 2.49. The summed E-state index contributed by atoms with van der Waals surface area (Å²) in [4.78, 5) is 28.5. The third kappa shape index (κ3) is 4.01. The number of hydrogen-bond donors (Lipinski definition) is 2. The molecule has 2 amide bonds. The van der Waals surface area contributed by atoms with Gasteiger partial charge in [0.1, 0.15) is 6.17 Å². The van der Waals surface area contributed by atoms with E-state index >= 15 is 0 Å². The smallest absolute Gasteiger partial charge is 0.268 e. The number of carbonyl (C=O) groups is 2. The summed E-state index contributed by atoms with van der Waals surface area (Å²) in [6, 6.07) is 9.24. The Bertz CT molecular complexity index is 1040. The molecule has 6 nitrogen and oxygen atoms in total. The van der Waals surface area contributed by atoms with Gasteiger partial charge in [-0.1, -0.05) is 41.4 Å². The van der Waals surface area contributed by atoms with E-state index in [-0.39, 0.29) is 45.7 Å². The zero-order valence-corrected chi connectivity index (χ0v) is 18.7. The Hall–Kier alpha value is -1.90. The van der Waals surface area contributed by atoms with Crippen molar-refractivity contribution in [2.75, 3.05) is 31.1 Å². The normalized spacial score (nSPS) is 23.0. The number of likely N-dealkylation sites (tertiary alicyclic amines) is 1. The molecule has 4 rings (SSSR count). The van der Waals surface area contributed by atoms with Gasteiger partial charge in [-0.2, -0.15) is 0 Å². The lowest BCUT2D eigenvalue weighted by Crippen LogP contribution is -2.44. The van der Waals surface area contributed by atoms with Crippen LogP contribution in [0.4, 0.5) is 10.1 Å². The summed E-state index contributed by atoms with van der Waals surface area (Å²) in [5.74, 6) is -1.34. The summed E-state index contributed by atoms with van der Waals surface area (Å²) in [7, 11) is 0. The summed E-state index contributed by atoms with van der Waals surface area (Å²) in [6.07, 6.45) is -0.436. The Labute approximate surface area is 195 Å². The van der Waals surface area contributed by atoms with Gasteiger partial charge < -0.3 is 15.7 Å². The molecule has 1 fully saturated rings. The molecule has 2 atom stereocenters. The predicted octanol–water partition coefficient (Wildman–Crippen LogP) is 3.14. The van der Waals surface area contributed by atoms with Crippen LogP contribution >= 0.6 is 35.6 Å². The number of nitrogens with two attached hydrogens (primary N) is 1. The molecule has 2 aliphatic heterocycles. The first-order valence-electron chi connectivity index (χ1n) is 9.53. The van der Waals surface area contributed by atoms with Crippen molar-refractivity contribution in [3.63, 3.8) is 0 Å². The third-order valence-corrected chi connectivity index (χ3v) is 6.31. The number of rotatable bonds is 5. The molecule has 0 aliphatic carbocycles.